The van der Waals surface area contributed by atoms with E-state index in [0.29, 0.717) is 11.3 Å². The largest absolute Gasteiger partial charge is 0.279 e. The van der Waals surface area contributed by atoms with Gasteiger partial charge >= 0.3 is 0 Å². The van der Waals surface area contributed by atoms with Crippen LogP contribution in [-0.4, -0.2) is 16.8 Å². The molecule has 0 aliphatic heterocycles. The van der Waals surface area contributed by atoms with E-state index in [-0.39, 0.29) is 9.96 Å². The van der Waals surface area contributed by atoms with Gasteiger partial charge in [-0.15, -0.1) is 11.3 Å². The van der Waals surface area contributed by atoms with Gasteiger partial charge in [0.25, 0.3) is 10.0 Å². The van der Waals surface area contributed by atoms with E-state index in [1.54, 1.807) is 6.07 Å². The van der Waals surface area contributed by atoms with Crippen molar-refractivity contribution in [1.29, 1.82) is 0 Å². The molecule has 3 N–H and O–H groups in total. The Morgan fingerprint density at radius 2 is 1.67 bits per heavy atom. The summed E-state index contributed by atoms with van der Waals surface area (Å²) in [5.74, 6) is -0.288. The van der Waals surface area contributed by atoms with Gasteiger partial charge in [-0.3, -0.25) is 4.72 Å². The van der Waals surface area contributed by atoms with E-state index in [2.05, 4.69) is 4.72 Å². The first-order valence-corrected chi connectivity index (χ1v) is 9.86. The minimum absolute atomic E-state index is 0.230. The van der Waals surface area contributed by atoms with Crippen LogP contribution >= 0.6 is 11.3 Å². The van der Waals surface area contributed by atoms with E-state index >= 15 is 0 Å². The highest BCUT2D eigenvalue weighted by Crippen LogP contribution is 2.23. The van der Waals surface area contributed by atoms with Crippen molar-refractivity contribution >= 4 is 37.1 Å². The van der Waals surface area contributed by atoms with Crippen LogP contribution in [0.15, 0.2) is 40.6 Å². The van der Waals surface area contributed by atoms with E-state index in [4.69, 9.17) is 5.14 Å². The predicted molar refractivity (Wildman–Crippen MR) is 83.1 cm³/mol. The summed E-state index contributed by atoms with van der Waals surface area (Å²) in [4.78, 5) is 0.902. The molecule has 0 atom stereocenters. The summed E-state index contributed by atoms with van der Waals surface area (Å²) in [6, 6.07) is 9.30. The molecule has 1 aromatic carbocycles. The maximum atomic E-state index is 12.1. The molecule has 0 aliphatic rings. The first-order chi connectivity index (χ1) is 9.66. The summed E-state index contributed by atoms with van der Waals surface area (Å²) >= 11 is 1.18. The van der Waals surface area contributed by atoms with Crippen LogP contribution in [-0.2, 0) is 25.8 Å². The van der Waals surface area contributed by atoms with Crippen LogP contribution in [0.2, 0.25) is 0 Å². The summed E-state index contributed by atoms with van der Waals surface area (Å²) in [7, 11) is -7.22. The second kappa shape index (κ2) is 5.76. The van der Waals surface area contributed by atoms with Crippen molar-refractivity contribution in [2.24, 2.45) is 5.14 Å². The van der Waals surface area contributed by atoms with E-state index in [9.17, 15) is 16.8 Å². The summed E-state index contributed by atoms with van der Waals surface area (Å²) in [5, 5.41) is 4.95. The Morgan fingerprint density at radius 1 is 1.05 bits per heavy atom. The smallest absolute Gasteiger partial charge is 0.271 e. The second-order valence-electron chi connectivity index (χ2n) is 4.47. The average Bonchev–Trinajstić information content (AvgIpc) is 2.77. The SMILES string of the molecule is Cc1ccc(S(=O)(=O)Nc2ccc(CS(N)(=O)=O)cc2)s1. The minimum atomic E-state index is -3.61. The van der Waals surface area contributed by atoms with Crippen LogP contribution in [0.25, 0.3) is 0 Å². The van der Waals surface area contributed by atoms with Gasteiger partial charge < -0.3 is 0 Å². The highest BCUT2D eigenvalue weighted by Gasteiger charge is 2.16. The van der Waals surface area contributed by atoms with Crippen molar-refractivity contribution in [3.05, 3.63) is 46.8 Å². The fourth-order valence-corrected chi connectivity index (χ4v) is 4.66. The third-order valence-electron chi connectivity index (χ3n) is 2.55. The van der Waals surface area contributed by atoms with Crippen molar-refractivity contribution in [3.8, 4) is 0 Å². The van der Waals surface area contributed by atoms with Crippen LogP contribution < -0.4 is 9.86 Å². The number of thiophene rings is 1. The molecule has 0 fully saturated rings. The molecule has 2 aromatic rings. The average molecular weight is 346 g/mol. The Labute approximate surface area is 127 Å². The fourth-order valence-electron chi connectivity index (χ4n) is 1.66. The van der Waals surface area contributed by atoms with Crippen LogP contribution in [0.4, 0.5) is 5.69 Å². The number of hydrogen-bond donors (Lipinski definition) is 2. The lowest BCUT2D eigenvalue weighted by atomic mass is 10.2. The summed E-state index contributed by atoms with van der Waals surface area (Å²) < 4.78 is 48.8. The molecular formula is C12H14N2O4S3. The van der Waals surface area contributed by atoms with Crippen molar-refractivity contribution in [3.63, 3.8) is 0 Å². The van der Waals surface area contributed by atoms with Crippen molar-refractivity contribution < 1.29 is 16.8 Å². The first-order valence-electron chi connectivity index (χ1n) is 5.84. The molecule has 0 saturated carbocycles. The third kappa shape index (κ3) is 4.53. The lowest BCUT2D eigenvalue weighted by molar-refractivity contribution is 0.596. The zero-order valence-corrected chi connectivity index (χ0v) is 13.6. The number of nitrogens with one attached hydrogen (secondary N) is 1. The highest BCUT2D eigenvalue weighted by atomic mass is 32.2. The van der Waals surface area contributed by atoms with Crippen LogP contribution in [0.5, 0.6) is 0 Å². The maximum Gasteiger partial charge on any atom is 0.271 e. The van der Waals surface area contributed by atoms with E-state index in [1.165, 1.54) is 41.7 Å². The normalized spacial score (nSPS) is 12.3. The number of rotatable bonds is 5. The standard InChI is InChI=1S/C12H14N2O4S3/c1-9-2-7-12(19-9)21(17,18)14-11-5-3-10(4-6-11)8-20(13,15)16/h2-7,14H,8H2,1H3,(H2,13,15,16). The van der Waals surface area contributed by atoms with Gasteiger partial charge in [0.2, 0.25) is 10.0 Å². The number of aryl methyl sites for hydroxylation is 1. The van der Waals surface area contributed by atoms with Crippen molar-refractivity contribution in [1.82, 2.24) is 0 Å². The van der Waals surface area contributed by atoms with E-state index < -0.39 is 20.0 Å². The highest BCUT2D eigenvalue weighted by molar-refractivity contribution is 7.94. The number of sulfonamides is 2. The molecule has 6 nitrogen and oxygen atoms in total. The molecule has 0 radical (unpaired) electrons. The Hall–Kier alpha value is -1.42. The summed E-state index contributed by atoms with van der Waals surface area (Å²) in [6.45, 7) is 1.83. The van der Waals surface area contributed by atoms with Gasteiger partial charge in [0, 0.05) is 10.6 Å². The quantitative estimate of drug-likeness (QED) is 0.858. The molecule has 0 unspecified atom stereocenters. The number of anilines is 1. The van der Waals surface area contributed by atoms with Gasteiger partial charge in [-0.25, -0.2) is 22.0 Å². The number of benzene rings is 1. The van der Waals surface area contributed by atoms with Crippen molar-refractivity contribution in [2.45, 2.75) is 16.9 Å². The lowest BCUT2D eigenvalue weighted by Crippen LogP contribution is -2.14. The summed E-state index contributed by atoms with van der Waals surface area (Å²) in [6.07, 6.45) is 0. The zero-order valence-electron chi connectivity index (χ0n) is 11.1. The van der Waals surface area contributed by atoms with Gasteiger partial charge in [0.05, 0.1) is 5.75 Å². The molecule has 0 spiro atoms. The number of nitrogens with two attached hydrogens (primary N) is 1. The zero-order chi connectivity index (χ0) is 15.7. The Balaban J connectivity index is 2.17. The number of hydrogen-bond acceptors (Lipinski definition) is 5. The fraction of sp³-hybridized carbons (Fsp3) is 0.167. The van der Waals surface area contributed by atoms with Crippen LogP contribution in [0, 0.1) is 6.92 Å². The summed E-state index contributed by atoms with van der Waals surface area (Å²) in [5.41, 5.74) is 0.853. The second-order valence-corrected chi connectivity index (χ2v) is 9.29. The monoisotopic (exact) mass is 346 g/mol. The minimum Gasteiger partial charge on any atom is -0.279 e. The molecule has 0 amide bonds. The third-order valence-corrected chi connectivity index (χ3v) is 6.16. The lowest BCUT2D eigenvalue weighted by Gasteiger charge is -2.07. The molecule has 1 aromatic heterocycles. The molecule has 1 heterocycles. The van der Waals surface area contributed by atoms with E-state index in [0.717, 1.165) is 4.88 Å². The Kier molecular flexibility index (Phi) is 4.38. The Morgan fingerprint density at radius 3 is 2.14 bits per heavy atom. The predicted octanol–water partition coefficient (Wildman–Crippen LogP) is 1.65. The topological polar surface area (TPSA) is 106 Å². The Bertz CT molecular complexity index is 837. The maximum absolute atomic E-state index is 12.1. The molecular weight excluding hydrogens is 332 g/mol. The van der Waals surface area contributed by atoms with Gasteiger partial charge in [-0.1, -0.05) is 12.1 Å². The molecule has 0 bridgehead atoms. The molecule has 9 heteroatoms. The molecule has 2 rings (SSSR count). The van der Waals surface area contributed by atoms with Gasteiger partial charge in [0.15, 0.2) is 0 Å². The molecule has 114 valence electrons. The van der Waals surface area contributed by atoms with Gasteiger partial charge in [0.1, 0.15) is 4.21 Å². The van der Waals surface area contributed by atoms with Crippen LogP contribution in [0.1, 0.15) is 10.4 Å². The van der Waals surface area contributed by atoms with Gasteiger partial charge in [-0.05, 0) is 36.8 Å². The first kappa shape index (κ1) is 16.0. The van der Waals surface area contributed by atoms with Crippen LogP contribution in [0.3, 0.4) is 0 Å². The number of primary sulfonamides is 1. The van der Waals surface area contributed by atoms with E-state index in [1.807, 2.05) is 6.92 Å². The van der Waals surface area contributed by atoms with Gasteiger partial charge in [-0.2, -0.15) is 0 Å². The molecule has 0 saturated heterocycles. The molecule has 21 heavy (non-hydrogen) atoms. The van der Waals surface area contributed by atoms with Crippen molar-refractivity contribution in [2.75, 3.05) is 4.72 Å². The molecule has 0 aliphatic carbocycles.